The summed E-state index contributed by atoms with van der Waals surface area (Å²) in [6, 6.07) is 5.05. The van der Waals surface area contributed by atoms with E-state index in [0.717, 1.165) is 31.0 Å². The van der Waals surface area contributed by atoms with Gasteiger partial charge in [-0.05, 0) is 25.5 Å². The van der Waals surface area contributed by atoms with Crippen LogP contribution in [0, 0.1) is 6.92 Å². The Hall–Kier alpha value is -2.41. The van der Waals surface area contributed by atoms with E-state index in [1.165, 1.54) is 6.07 Å². The molecule has 7 heteroatoms. The molecule has 0 aliphatic carbocycles. The molecular formula is C17H22N4O3. The van der Waals surface area contributed by atoms with Gasteiger partial charge in [-0.15, -0.1) is 0 Å². The zero-order chi connectivity index (χ0) is 17.1. The molecule has 0 unspecified atom stereocenters. The van der Waals surface area contributed by atoms with Crippen molar-refractivity contribution in [1.29, 1.82) is 0 Å². The Bertz CT molecular complexity index is 772. The lowest BCUT2D eigenvalue weighted by molar-refractivity contribution is 0.0593. The lowest BCUT2D eigenvalue weighted by Gasteiger charge is -2.33. The molecule has 3 rings (SSSR count). The third-order valence-corrected chi connectivity index (χ3v) is 4.19. The Morgan fingerprint density at radius 3 is 2.67 bits per heavy atom. The topological polar surface area (TPSA) is 82.4 Å². The highest BCUT2D eigenvalue weighted by atomic mass is 16.3. The summed E-state index contributed by atoms with van der Waals surface area (Å²) >= 11 is 0. The molecule has 2 aromatic heterocycles. The van der Waals surface area contributed by atoms with Crippen molar-refractivity contribution in [3.63, 3.8) is 0 Å². The standard InChI is InChI=1S/C17H22N4O3/c1-3-13-10-16(22)19-15(18-13)11-20-6-8-21(9-7-20)17(23)14-5-4-12(2)24-14/h4-5,10H,3,6-9,11H2,1-2H3,(H,18,19,22). The van der Waals surface area contributed by atoms with Crippen molar-refractivity contribution in [2.75, 3.05) is 26.2 Å². The van der Waals surface area contributed by atoms with Crippen molar-refractivity contribution in [3.05, 3.63) is 51.6 Å². The van der Waals surface area contributed by atoms with E-state index in [4.69, 9.17) is 4.42 Å². The molecule has 24 heavy (non-hydrogen) atoms. The van der Waals surface area contributed by atoms with Crippen LogP contribution < -0.4 is 5.56 Å². The first kappa shape index (κ1) is 16.4. The lowest BCUT2D eigenvalue weighted by Crippen LogP contribution is -2.48. The SMILES string of the molecule is CCc1cc(=O)[nH]c(CN2CCN(C(=O)c3ccc(C)o3)CC2)n1. The van der Waals surface area contributed by atoms with E-state index in [1.807, 2.05) is 13.8 Å². The largest absolute Gasteiger partial charge is 0.456 e. The Labute approximate surface area is 140 Å². The zero-order valence-corrected chi connectivity index (χ0v) is 14.0. The number of carbonyl (C=O) groups is 1. The molecule has 1 aliphatic heterocycles. The van der Waals surface area contributed by atoms with Gasteiger partial charge in [0.2, 0.25) is 0 Å². The second-order valence-corrected chi connectivity index (χ2v) is 6.02. The van der Waals surface area contributed by atoms with Gasteiger partial charge in [-0.2, -0.15) is 0 Å². The lowest BCUT2D eigenvalue weighted by atomic mass is 10.2. The Kier molecular flexibility index (Phi) is 4.80. The minimum atomic E-state index is -0.112. The highest BCUT2D eigenvalue weighted by Gasteiger charge is 2.24. The molecule has 7 nitrogen and oxygen atoms in total. The molecule has 3 heterocycles. The minimum Gasteiger partial charge on any atom is -0.456 e. The molecule has 0 atom stereocenters. The van der Waals surface area contributed by atoms with Crippen LogP contribution in [0.25, 0.3) is 0 Å². The minimum absolute atomic E-state index is 0.0673. The van der Waals surface area contributed by atoms with Crippen LogP contribution in [0.3, 0.4) is 0 Å². The van der Waals surface area contributed by atoms with Gasteiger partial charge in [0.15, 0.2) is 5.76 Å². The third kappa shape index (κ3) is 3.73. The Morgan fingerprint density at radius 1 is 1.29 bits per heavy atom. The number of nitrogens with zero attached hydrogens (tertiary/aromatic N) is 3. The van der Waals surface area contributed by atoms with Crippen LogP contribution in [0.4, 0.5) is 0 Å². The Morgan fingerprint density at radius 2 is 2.04 bits per heavy atom. The highest BCUT2D eigenvalue weighted by molar-refractivity contribution is 5.91. The molecule has 128 valence electrons. The molecule has 2 aromatic rings. The summed E-state index contributed by atoms with van der Waals surface area (Å²) in [5.74, 6) is 1.74. The predicted octanol–water partition coefficient (Wildman–Crippen LogP) is 1.19. The van der Waals surface area contributed by atoms with E-state index in [1.54, 1.807) is 17.0 Å². The zero-order valence-electron chi connectivity index (χ0n) is 14.0. The number of piperazine rings is 1. The summed E-state index contributed by atoms with van der Waals surface area (Å²) < 4.78 is 5.41. The smallest absolute Gasteiger partial charge is 0.289 e. The molecule has 0 bridgehead atoms. The van der Waals surface area contributed by atoms with E-state index in [2.05, 4.69) is 14.9 Å². The summed E-state index contributed by atoms with van der Waals surface area (Å²) in [6.45, 7) is 7.15. The van der Waals surface area contributed by atoms with Gasteiger partial charge in [-0.25, -0.2) is 4.98 Å². The van der Waals surface area contributed by atoms with E-state index in [-0.39, 0.29) is 11.5 Å². The normalized spacial score (nSPS) is 15.7. The molecule has 0 saturated carbocycles. The number of carbonyl (C=O) groups excluding carboxylic acids is 1. The average Bonchev–Trinajstić information content (AvgIpc) is 3.01. The number of aromatic amines is 1. The van der Waals surface area contributed by atoms with Gasteiger partial charge in [0, 0.05) is 37.9 Å². The van der Waals surface area contributed by atoms with Gasteiger partial charge in [-0.3, -0.25) is 14.5 Å². The molecule has 1 N–H and O–H groups in total. The number of aromatic nitrogens is 2. The van der Waals surface area contributed by atoms with Crippen LogP contribution in [0.15, 0.2) is 27.4 Å². The first-order valence-electron chi connectivity index (χ1n) is 8.22. The second-order valence-electron chi connectivity index (χ2n) is 6.02. The highest BCUT2D eigenvalue weighted by Crippen LogP contribution is 2.12. The van der Waals surface area contributed by atoms with E-state index in [0.29, 0.717) is 31.2 Å². The molecule has 1 fully saturated rings. The van der Waals surface area contributed by atoms with Gasteiger partial charge >= 0.3 is 0 Å². The Balaban J connectivity index is 1.58. The quantitative estimate of drug-likeness (QED) is 0.910. The van der Waals surface area contributed by atoms with Crippen LogP contribution in [0.2, 0.25) is 0 Å². The van der Waals surface area contributed by atoms with E-state index in [9.17, 15) is 9.59 Å². The van der Waals surface area contributed by atoms with Crippen molar-refractivity contribution in [2.24, 2.45) is 0 Å². The molecule has 0 radical (unpaired) electrons. The first-order valence-corrected chi connectivity index (χ1v) is 8.22. The molecule has 1 saturated heterocycles. The fourth-order valence-electron chi connectivity index (χ4n) is 2.85. The number of furan rings is 1. The van der Waals surface area contributed by atoms with Crippen LogP contribution in [0.5, 0.6) is 0 Å². The van der Waals surface area contributed by atoms with Crippen LogP contribution in [-0.2, 0) is 13.0 Å². The number of hydrogen-bond acceptors (Lipinski definition) is 5. The van der Waals surface area contributed by atoms with Gasteiger partial charge in [-0.1, -0.05) is 6.92 Å². The number of amides is 1. The summed E-state index contributed by atoms with van der Waals surface area (Å²) in [4.78, 5) is 35.2. The molecular weight excluding hydrogens is 308 g/mol. The second kappa shape index (κ2) is 7.00. The predicted molar refractivity (Wildman–Crippen MR) is 88.9 cm³/mol. The summed E-state index contributed by atoms with van der Waals surface area (Å²) in [5, 5.41) is 0. The number of nitrogens with one attached hydrogen (secondary N) is 1. The summed E-state index contributed by atoms with van der Waals surface area (Å²) in [7, 11) is 0. The van der Waals surface area contributed by atoms with Crippen molar-refractivity contribution in [3.8, 4) is 0 Å². The fourth-order valence-corrected chi connectivity index (χ4v) is 2.85. The van der Waals surface area contributed by atoms with E-state index < -0.39 is 0 Å². The van der Waals surface area contributed by atoms with Gasteiger partial charge in [0.05, 0.1) is 6.54 Å². The van der Waals surface area contributed by atoms with Crippen LogP contribution >= 0.6 is 0 Å². The maximum atomic E-state index is 12.4. The molecule has 0 aromatic carbocycles. The molecule has 1 aliphatic rings. The van der Waals surface area contributed by atoms with Crippen molar-refractivity contribution < 1.29 is 9.21 Å². The average molecular weight is 330 g/mol. The number of hydrogen-bond donors (Lipinski definition) is 1. The number of rotatable bonds is 4. The molecule has 1 amide bonds. The van der Waals surface area contributed by atoms with E-state index >= 15 is 0 Å². The van der Waals surface area contributed by atoms with Crippen LogP contribution in [0.1, 0.15) is 34.8 Å². The summed E-state index contributed by atoms with van der Waals surface area (Å²) in [6.07, 6.45) is 0.738. The maximum Gasteiger partial charge on any atom is 0.289 e. The van der Waals surface area contributed by atoms with Gasteiger partial charge < -0.3 is 14.3 Å². The van der Waals surface area contributed by atoms with Crippen LogP contribution in [-0.4, -0.2) is 51.9 Å². The van der Waals surface area contributed by atoms with Gasteiger partial charge in [0.1, 0.15) is 11.6 Å². The fraction of sp³-hybridized carbons (Fsp3) is 0.471. The summed E-state index contributed by atoms with van der Waals surface area (Å²) in [5.41, 5.74) is 0.689. The van der Waals surface area contributed by atoms with Gasteiger partial charge in [0.25, 0.3) is 11.5 Å². The number of H-pyrrole nitrogens is 1. The third-order valence-electron chi connectivity index (χ3n) is 4.19. The van der Waals surface area contributed by atoms with Crippen molar-refractivity contribution in [1.82, 2.24) is 19.8 Å². The van der Waals surface area contributed by atoms with Crippen molar-refractivity contribution >= 4 is 5.91 Å². The number of aryl methyl sites for hydroxylation is 2. The molecule has 0 spiro atoms. The maximum absolute atomic E-state index is 12.4. The first-order chi connectivity index (χ1) is 11.5. The monoisotopic (exact) mass is 330 g/mol. The van der Waals surface area contributed by atoms with Crippen molar-refractivity contribution in [2.45, 2.75) is 26.8 Å².